The molecule has 90 valence electrons. The minimum Gasteiger partial charge on any atom is -0.318 e. The first kappa shape index (κ1) is 12.9. The fourth-order valence-electron chi connectivity index (χ4n) is 1.58. The second-order valence-corrected chi connectivity index (χ2v) is 9.83. The molecule has 0 radical (unpaired) electrons. The topological polar surface area (TPSA) is 57.0 Å². The molecule has 0 aromatic carbocycles. The third-order valence-corrected chi connectivity index (χ3v) is 4.14. The number of carbonyl (C=O) groups excluding carboxylic acids is 1. The van der Waals surface area contributed by atoms with Crippen LogP contribution in [-0.2, 0) is 4.79 Å². The van der Waals surface area contributed by atoms with Crippen molar-refractivity contribution < 1.29 is 9.63 Å². The highest BCUT2D eigenvalue weighted by atomic mass is 28.3. The van der Waals surface area contributed by atoms with Crippen molar-refractivity contribution in [1.29, 1.82) is 0 Å². The molecule has 6 heteroatoms. The van der Waals surface area contributed by atoms with Crippen LogP contribution in [0.2, 0.25) is 19.6 Å². The summed E-state index contributed by atoms with van der Waals surface area (Å²) in [5.74, 6) is -0.257. The predicted octanol–water partition coefficient (Wildman–Crippen LogP) is 0.887. The van der Waals surface area contributed by atoms with Gasteiger partial charge in [0, 0.05) is 6.42 Å². The van der Waals surface area contributed by atoms with E-state index in [9.17, 15) is 4.79 Å². The van der Waals surface area contributed by atoms with Gasteiger partial charge in [-0.15, -0.1) is 5.10 Å². The summed E-state index contributed by atoms with van der Waals surface area (Å²) in [6.45, 7) is 10.3. The van der Waals surface area contributed by atoms with Gasteiger partial charge in [0.15, 0.2) is 0 Å². The summed E-state index contributed by atoms with van der Waals surface area (Å²) in [6.07, 6.45) is 1.18. The van der Waals surface area contributed by atoms with Crippen LogP contribution < -0.4 is 10.2 Å². The van der Waals surface area contributed by atoms with Gasteiger partial charge in [-0.1, -0.05) is 31.4 Å². The molecule has 0 atom stereocenters. The minimum absolute atomic E-state index is 0.257. The van der Waals surface area contributed by atoms with Gasteiger partial charge in [-0.3, -0.25) is 0 Å². The van der Waals surface area contributed by atoms with Gasteiger partial charge in [0.2, 0.25) is 0 Å². The molecule has 0 fully saturated rings. The van der Waals surface area contributed by atoms with Crippen molar-refractivity contribution >= 4 is 19.4 Å². The van der Waals surface area contributed by atoms with E-state index in [1.54, 1.807) is 0 Å². The Morgan fingerprint density at radius 1 is 1.44 bits per heavy atom. The van der Waals surface area contributed by atoms with Crippen LogP contribution >= 0.6 is 0 Å². The molecule has 0 saturated carbocycles. The Morgan fingerprint density at radius 2 is 2.06 bits per heavy atom. The molecule has 1 heterocycles. The van der Waals surface area contributed by atoms with Gasteiger partial charge < -0.3 is 4.84 Å². The van der Waals surface area contributed by atoms with Crippen molar-refractivity contribution in [3.05, 3.63) is 5.69 Å². The van der Waals surface area contributed by atoms with Gasteiger partial charge in [0.25, 0.3) is 0 Å². The van der Waals surface area contributed by atoms with E-state index in [1.807, 2.05) is 13.8 Å². The molecule has 0 aliphatic rings. The highest BCUT2D eigenvalue weighted by molar-refractivity contribution is 6.88. The van der Waals surface area contributed by atoms with Crippen molar-refractivity contribution in [2.45, 2.75) is 46.3 Å². The Balaban J connectivity index is 2.94. The molecule has 0 saturated heterocycles. The third-order valence-electron chi connectivity index (χ3n) is 2.16. The van der Waals surface area contributed by atoms with Crippen LogP contribution in [0.3, 0.4) is 0 Å². The largest absolute Gasteiger partial charge is 0.335 e. The predicted molar refractivity (Wildman–Crippen MR) is 64.2 cm³/mol. The first-order valence-corrected chi connectivity index (χ1v) is 9.00. The third kappa shape index (κ3) is 2.91. The van der Waals surface area contributed by atoms with E-state index in [-0.39, 0.29) is 5.97 Å². The van der Waals surface area contributed by atoms with Crippen LogP contribution in [0.1, 0.15) is 25.5 Å². The monoisotopic (exact) mass is 241 g/mol. The van der Waals surface area contributed by atoms with Crippen LogP contribution in [0.15, 0.2) is 0 Å². The lowest BCUT2D eigenvalue weighted by atomic mass is 10.3. The molecule has 0 aliphatic carbocycles. The fourth-order valence-corrected chi connectivity index (χ4v) is 3.38. The maximum Gasteiger partial charge on any atom is 0.335 e. The van der Waals surface area contributed by atoms with Gasteiger partial charge >= 0.3 is 5.97 Å². The lowest BCUT2D eigenvalue weighted by Gasteiger charge is -2.17. The number of carbonyl (C=O) groups is 1. The summed E-state index contributed by atoms with van der Waals surface area (Å²) in [6, 6.07) is 0. The average molecular weight is 241 g/mol. The zero-order valence-corrected chi connectivity index (χ0v) is 11.6. The highest BCUT2D eigenvalue weighted by Crippen LogP contribution is 2.03. The van der Waals surface area contributed by atoms with Crippen molar-refractivity contribution in [2.24, 2.45) is 0 Å². The van der Waals surface area contributed by atoms with Crippen LogP contribution in [0.4, 0.5) is 0 Å². The van der Waals surface area contributed by atoms with Gasteiger partial charge in [-0.2, -0.15) is 0 Å². The molecule has 1 aromatic heterocycles. The second-order valence-electron chi connectivity index (χ2n) is 4.86. The summed E-state index contributed by atoms with van der Waals surface area (Å²) >= 11 is 0. The van der Waals surface area contributed by atoms with Crippen molar-refractivity contribution in [3.63, 3.8) is 0 Å². The molecule has 0 bridgehead atoms. The molecule has 5 nitrogen and oxygen atoms in total. The molecule has 0 aliphatic heterocycles. The van der Waals surface area contributed by atoms with Crippen molar-refractivity contribution in [3.8, 4) is 0 Å². The Morgan fingerprint density at radius 3 is 2.56 bits per heavy atom. The summed E-state index contributed by atoms with van der Waals surface area (Å²) in [7, 11) is -1.60. The maximum absolute atomic E-state index is 11.4. The summed E-state index contributed by atoms with van der Waals surface area (Å²) in [5, 5.41) is 8.80. The molecule has 0 N–H and O–H groups in total. The lowest BCUT2D eigenvalue weighted by Crippen LogP contribution is -2.47. The van der Waals surface area contributed by atoms with E-state index < -0.39 is 8.07 Å². The summed E-state index contributed by atoms with van der Waals surface area (Å²) < 4.78 is 0. The molecule has 16 heavy (non-hydrogen) atoms. The molecule has 0 unspecified atom stereocenters. The normalized spacial score (nSPS) is 11.6. The SMILES string of the molecule is CCCC(=O)On1nnc(C)c1[Si](C)(C)C. The first-order valence-electron chi connectivity index (χ1n) is 5.50. The van der Waals surface area contributed by atoms with Gasteiger partial charge in [-0.05, 0) is 18.6 Å². The first-order chi connectivity index (χ1) is 7.36. The summed E-state index contributed by atoms with van der Waals surface area (Å²) in [4.78, 5) is 17.9. The van der Waals surface area contributed by atoms with E-state index in [2.05, 4.69) is 30.0 Å². The Bertz CT molecular complexity index is 382. The number of hydrogen-bond acceptors (Lipinski definition) is 4. The van der Waals surface area contributed by atoms with Crippen LogP contribution in [0.25, 0.3) is 0 Å². The van der Waals surface area contributed by atoms with Gasteiger partial charge in [-0.25, -0.2) is 4.79 Å². The number of rotatable bonds is 4. The van der Waals surface area contributed by atoms with Crippen LogP contribution in [-0.4, -0.2) is 29.2 Å². The van der Waals surface area contributed by atoms with E-state index in [0.717, 1.165) is 17.4 Å². The van der Waals surface area contributed by atoms with Crippen molar-refractivity contribution in [1.82, 2.24) is 15.2 Å². The smallest absolute Gasteiger partial charge is 0.318 e. The van der Waals surface area contributed by atoms with Gasteiger partial charge in [0.1, 0.15) is 8.07 Å². The van der Waals surface area contributed by atoms with Crippen LogP contribution in [0.5, 0.6) is 0 Å². The van der Waals surface area contributed by atoms with E-state index >= 15 is 0 Å². The van der Waals surface area contributed by atoms with Crippen LogP contribution in [0, 0.1) is 6.92 Å². The second kappa shape index (κ2) is 4.78. The zero-order chi connectivity index (χ0) is 12.3. The number of nitrogens with zero attached hydrogens (tertiary/aromatic N) is 3. The molecule has 0 spiro atoms. The van der Waals surface area contributed by atoms with Gasteiger partial charge in [0.05, 0.1) is 11.0 Å². The molecule has 1 aromatic rings. The Kier molecular flexibility index (Phi) is 3.85. The Labute approximate surface area is 96.8 Å². The number of aryl methyl sites for hydroxylation is 1. The fraction of sp³-hybridized carbons (Fsp3) is 0.700. The summed E-state index contributed by atoms with van der Waals surface area (Å²) in [5.41, 5.74) is 0.850. The zero-order valence-electron chi connectivity index (χ0n) is 10.6. The Hall–Kier alpha value is -1.17. The quantitative estimate of drug-likeness (QED) is 0.580. The van der Waals surface area contributed by atoms with E-state index in [1.165, 1.54) is 4.85 Å². The highest BCUT2D eigenvalue weighted by Gasteiger charge is 2.27. The molecular weight excluding hydrogens is 222 g/mol. The average Bonchev–Trinajstić information content (AvgIpc) is 2.46. The van der Waals surface area contributed by atoms with E-state index in [4.69, 9.17) is 4.84 Å². The van der Waals surface area contributed by atoms with Crippen molar-refractivity contribution in [2.75, 3.05) is 0 Å². The molecule has 1 rings (SSSR count). The number of aromatic nitrogens is 3. The molecular formula is C10H19N3O2Si. The minimum atomic E-state index is -1.60. The molecule has 0 amide bonds. The van der Waals surface area contributed by atoms with E-state index in [0.29, 0.717) is 6.42 Å². The lowest BCUT2D eigenvalue weighted by molar-refractivity contribution is -0.145. The number of hydrogen-bond donors (Lipinski definition) is 0. The maximum atomic E-state index is 11.4. The standard InChI is InChI=1S/C10H19N3O2Si/c1-6-7-9(14)15-13-10(16(3,4)5)8(2)11-12-13/h6-7H2,1-5H3.